The van der Waals surface area contributed by atoms with Crippen molar-refractivity contribution in [1.29, 1.82) is 0 Å². The molecule has 1 aromatic carbocycles. The number of hydrogen-bond donors (Lipinski definition) is 0. The van der Waals surface area contributed by atoms with Crippen LogP contribution in [0.3, 0.4) is 0 Å². The Morgan fingerprint density at radius 2 is 1.72 bits per heavy atom. The van der Waals surface area contributed by atoms with Gasteiger partial charge in [-0.2, -0.15) is 0 Å². The summed E-state index contributed by atoms with van der Waals surface area (Å²) in [6, 6.07) is 12.2. The Labute approximate surface area is 149 Å². The molecule has 0 saturated carbocycles. The highest BCUT2D eigenvalue weighted by atomic mass is 16.5. The molecular formula is C21H26N2O2. The number of aryl methyl sites for hydroxylation is 3. The topological polar surface area (TPSA) is 48.2 Å². The number of pyridine rings is 1. The standard InChI is InChI=1S/C21H26N2O2/c1-16-15-21(19-11-7-8-12-20(19)22-16)24-13-9-5-3-4-6-10-18-14-17(2)23-25-18/h7-8,11-12,14-15H,3-6,9-10,13H2,1-2H3. The van der Waals surface area contributed by atoms with Crippen LogP contribution in [0.15, 0.2) is 40.9 Å². The Morgan fingerprint density at radius 1 is 0.920 bits per heavy atom. The first-order valence-corrected chi connectivity index (χ1v) is 9.14. The summed E-state index contributed by atoms with van der Waals surface area (Å²) in [5.74, 6) is 1.95. The van der Waals surface area contributed by atoms with Crippen LogP contribution in [-0.2, 0) is 6.42 Å². The van der Waals surface area contributed by atoms with Crippen LogP contribution < -0.4 is 4.74 Å². The van der Waals surface area contributed by atoms with E-state index in [1.165, 1.54) is 19.3 Å². The molecule has 25 heavy (non-hydrogen) atoms. The van der Waals surface area contributed by atoms with Crippen LogP contribution in [0.25, 0.3) is 10.9 Å². The Morgan fingerprint density at radius 3 is 2.56 bits per heavy atom. The van der Waals surface area contributed by atoms with E-state index in [1.807, 2.05) is 44.2 Å². The fourth-order valence-corrected chi connectivity index (χ4v) is 3.04. The zero-order valence-electron chi connectivity index (χ0n) is 15.1. The molecule has 4 heteroatoms. The largest absolute Gasteiger partial charge is 0.493 e. The van der Waals surface area contributed by atoms with Gasteiger partial charge in [0.25, 0.3) is 0 Å². The third-order valence-electron chi connectivity index (χ3n) is 4.31. The van der Waals surface area contributed by atoms with E-state index in [2.05, 4.69) is 16.2 Å². The second kappa shape index (κ2) is 8.65. The molecule has 2 aromatic heterocycles. The number of ether oxygens (including phenoxy) is 1. The molecule has 132 valence electrons. The monoisotopic (exact) mass is 338 g/mol. The summed E-state index contributed by atoms with van der Waals surface area (Å²) in [6.07, 6.45) is 6.86. The van der Waals surface area contributed by atoms with Crippen LogP contribution in [0, 0.1) is 13.8 Å². The Hall–Kier alpha value is -2.36. The molecule has 0 N–H and O–H groups in total. The first-order chi connectivity index (χ1) is 12.2. The number of rotatable bonds is 9. The van der Waals surface area contributed by atoms with E-state index in [1.54, 1.807) is 0 Å². The quantitative estimate of drug-likeness (QED) is 0.489. The minimum absolute atomic E-state index is 0.759. The number of fused-ring (bicyclic) bond motifs is 1. The predicted molar refractivity (Wildman–Crippen MR) is 100 cm³/mol. The number of aromatic nitrogens is 2. The van der Waals surface area contributed by atoms with Gasteiger partial charge >= 0.3 is 0 Å². The lowest BCUT2D eigenvalue weighted by Gasteiger charge is -2.10. The Bertz CT molecular complexity index is 811. The Balaban J connectivity index is 1.35. The van der Waals surface area contributed by atoms with Gasteiger partial charge in [0.05, 0.1) is 17.8 Å². The average molecular weight is 338 g/mol. The van der Waals surface area contributed by atoms with E-state index < -0.39 is 0 Å². The molecule has 2 heterocycles. The molecule has 0 fully saturated rings. The van der Waals surface area contributed by atoms with Gasteiger partial charge in [-0.15, -0.1) is 0 Å². The van der Waals surface area contributed by atoms with Gasteiger partial charge in [-0.1, -0.05) is 36.6 Å². The van der Waals surface area contributed by atoms with Gasteiger partial charge in [-0.25, -0.2) is 0 Å². The third-order valence-corrected chi connectivity index (χ3v) is 4.31. The van der Waals surface area contributed by atoms with E-state index in [-0.39, 0.29) is 0 Å². The lowest BCUT2D eigenvalue weighted by atomic mass is 10.1. The molecule has 3 rings (SSSR count). The number of hydrogen-bond acceptors (Lipinski definition) is 4. The summed E-state index contributed by atoms with van der Waals surface area (Å²) in [4.78, 5) is 4.55. The molecule has 0 aliphatic carbocycles. The van der Waals surface area contributed by atoms with Crippen molar-refractivity contribution in [1.82, 2.24) is 10.1 Å². The minimum atomic E-state index is 0.759. The van der Waals surface area contributed by atoms with Crippen molar-refractivity contribution in [3.8, 4) is 5.75 Å². The van der Waals surface area contributed by atoms with Gasteiger partial charge in [0.2, 0.25) is 0 Å². The van der Waals surface area contributed by atoms with Crippen molar-refractivity contribution in [3.63, 3.8) is 0 Å². The van der Waals surface area contributed by atoms with E-state index in [0.29, 0.717) is 0 Å². The zero-order chi connectivity index (χ0) is 17.5. The maximum absolute atomic E-state index is 6.02. The number of unbranched alkanes of at least 4 members (excludes halogenated alkanes) is 4. The van der Waals surface area contributed by atoms with Crippen molar-refractivity contribution in [2.24, 2.45) is 0 Å². The summed E-state index contributed by atoms with van der Waals surface area (Å²) >= 11 is 0. The molecule has 0 aliphatic rings. The second-order valence-corrected chi connectivity index (χ2v) is 6.58. The molecule has 0 radical (unpaired) electrons. The van der Waals surface area contributed by atoms with Crippen LogP contribution in [0.5, 0.6) is 5.75 Å². The lowest BCUT2D eigenvalue weighted by molar-refractivity contribution is 0.307. The predicted octanol–water partition coefficient (Wildman–Crippen LogP) is 5.41. The molecule has 0 aliphatic heterocycles. The van der Waals surface area contributed by atoms with Crippen molar-refractivity contribution in [2.45, 2.75) is 52.4 Å². The number of para-hydroxylation sites is 1. The first kappa shape index (κ1) is 17.5. The van der Waals surface area contributed by atoms with E-state index in [9.17, 15) is 0 Å². The van der Waals surface area contributed by atoms with Gasteiger partial charge in [-0.05, 0) is 38.8 Å². The summed E-state index contributed by atoms with van der Waals surface area (Å²) in [5.41, 5.74) is 2.96. The summed E-state index contributed by atoms with van der Waals surface area (Å²) < 4.78 is 11.2. The molecule has 0 atom stereocenters. The van der Waals surface area contributed by atoms with Gasteiger partial charge in [0.15, 0.2) is 0 Å². The Kier molecular flexibility index (Phi) is 6.04. The highest BCUT2D eigenvalue weighted by Gasteiger charge is 2.04. The molecule has 0 amide bonds. The van der Waals surface area contributed by atoms with Gasteiger partial charge in [0.1, 0.15) is 11.5 Å². The van der Waals surface area contributed by atoms with Crippen LogP contribution in [0.4, 0.5) is 0 Å². The highest BCUT2D eigenvalue weighted by Crippen LogP contribution is 2.25. The minimum Gasteiger partial charge on any atom is -0.493 e. The van der Waals surface area contributed by atoms with E-state index in [4.69, 9.17) is 9.26 Å². The van der Waals surface area contributed by atoms with Crippen LogP contribution in [0.2, 0.25) is 0 Å². The van der Waals surface area contributed by atoms with Crippen LogP contribution in [-0.4, -0.2) is 16.7 Å². The summed E-state index contributed by atoms with van der Waals surface area (Å²) in [5, 5.41) is 5.01. The molecule has 3 aromatic rings. The zero-order valence-corrected chi connectivity index (χ0v) is 15.1. The summed E-state index contributed by atoms with van der Waals surface area (Å²) in [6.45, 7) is 4.73. The van der Waals surface area contributed by atoms with E-state index >= 15 is 0 Å². The maximum atomic E-state index is 6.02. The number of nitrogens with zero attached hydrogens (tertiary/aromatic N) is 2. The SMILES string of the molecule is Cc1cc(CCCCCCCOc2cc(C)nc3ccccc23)on1. The number of benzene rings is 1. The molecule has 0 spiro atoms. The van der Waals surface area contributed by atoms with Crippen LogP contribution >= 0.6 is 0 Å². The average Bonchev–Trinajstić information content (AvgIpc) is 3.02. The third kappa shape index (κ3) is 5.05. The van der Waals surface area contributed by atoms with Crippen molar-refractivity contribution in [2.75, 3.05) is 6.61 Å². The van der Waals surface area contributed by atoms with Gasteiger partial charge in [-0.3, -0.25) is 4.98 Å². The smallest absolute Gasteiger partial charge is 0.136 e. The van der Waals surface area contributed by atoms with Crippen molar-refractivity contribution in [3.05, 3.63) is 53.5 Å². The fraction of sp³-hybridized carbons (Fsp3) is 0.429. The van der Waals surface area contributed by atoms with Crippen molar-refractivity contribution >= 4 is 10.9 Å². The fourth-order valence-electron chi connectivity index (χ4n) is 3.04. The normalized spacial score (nSPS) is 11.1. The first-order valence-electron chi connectivity index (χ1n) is 9.14. The molecule has 0 bridgehead atoms. The molecular weight excluding hydrogens is 312 g/mol. The second-order valence-electron chi connectivity index (χ2n) is 6.58. The van der Waals surface area contributed by atoms with Crippen LogP contribution in [0.1, 0.15) is 49.3 Å². The lowest BCUT2D eigenvalue weighted by Crippen LogP contribution is -1.99. The van der Waals surface area contributed by atoms with Gasteiger partial charge in [0, 0.05) is 29.6 Å². The molecule has 4 nitrogen and oxygen atoms in total. The van der Waals surface area contributed by atoms with Gasteiger partial charge < -0.3 is 9.26 Å². The summed E-state index contributed by atoms with van der Waals surface area (Å²) in [7, 11) is 0. The maximum Gasteiger partial charge on any atom is 0.136 e. The van der Waals surface area contributed by atoms with E-state index in [0.717, 1.165) is 59.7 Å². The molecule has 0 unspecified atom stereocenters. The highest BCUT2D eigenvalue weighted by molar-refractivity contribution is 5.85. The van der Waals surface area contributed by atoms with Crippen molar-refractivity contribution < 1.29 is 9.26 Å². The molecule has 0 saturated heterocycles.